The maximum Gasteiger partial charge on any atom is 0.252 e. The Kier molecular flexibility index (Phi) is 2.07. The molecule has 2 nitrogen and oxygen atoms in total. The molecule has 0 aromatic carbocycles. The number of aliphatic imine (C=N–C) groups is 1. The lowest BCUT2D eigenvalue weighted by Gasteiger charge is -2.51. The fraction of sp³-hybridized carbons (Fsp3) is 0.889. The van der Waals surface area contributed by atoms with Crippen LogP contribution in [0.25, 0.3) is 0 Å². The second-order valence-corrected chi connectivity index (χ2v) is 4.69. The normalized spacial score (nSPS) is 24.4. The van der Waals surface area contributed by atoms with Gasteiger partial charge in [-0.25, -0.2) is 13.6 Å². The second-order valence-electron chi connectivity index (χ2n) is 4.69. The van der Waals surface area contributed by atoms with Crippen molar-refractivity contribution in [1.29, 1.82) is 0 Å². The highest BCUT2D eigenvalue weighted by molar-refractivity contribution is 5.37. The summed E-state index contributed by atoms with van der Waals surface area (Å²) >= 11 is 0. The Bertz CT molecular complexity index is 253. The molecule has 1 aliphatic carbocycles. The molecule has 13 heavy (non-hydrogen) atoms. The molecule has 1 saturated carbocycles. The minimum absolute atomic E-state index is 0.335. The molecular weight excluding hydrogens is 176 g/mol. The molecule has 0 atom stereocenters. The fourth-order valence-corrected chi connectivity index (χ4v) is 1.67. The summed E-state index contributed by atoms with van der Waals surface area (Å²) in [6.45, 7) is 5.43. The third-order valence-corrected chi connectivity index (χ3v) is 2.76. The highest BCUT2D eigenvalue weighted by Crippen LogP contribution is 2.56. The van der Waals surface area contributed by atoms with Crippen molar-refractivity contribution in [3.8, 4) is 0 Å². The molecule has 74 valence electrons. The molecule has 0 aromatic rings. The fourth-order valence-electron chi connectivity index (χ4n) is 1.67. The maximum absolute atomic E-state index is 12.7. The van der Waals surface area contributed by atoms with E-state index in [4.69, 9.17) is 0 Å². The summed E-state index contributed by atoms with van der Waals surface area (Å²) in [4.78, 5) is 13.7. The van der Waals surface area contributed by atoms with Crippen LogP contribution in [0.2, 0.25) is 0 Å². The quantitative estimate of drug-likeness (QED) is 0.460. The van der Waals surface area contributed by atoms with E-state index < -0.39 is 16.9 Å². The van der Waals surface area contributed by atoms with Crippen molar-refractivity contribution in [2.75, 3.05) is 0 Å². The highest BCUT2D eigenvalue weighted by Gasteiger charge is 2.62. The first-order valence-corrected chi connectivity index (χ1v) is 4.19. The van der Waals surface area contributed by atoms with Gasteiger partial charge in [0.25, 0.3) is 5.92 Å². The topological polar surface area (TPSA) is 29.4 Å². The van der Waals surface area contributed by atoms with Crippen LogP contribution in [0.5, 0.6) is 0 Å². The Balaban J connectivity index is 2.90. The Morgan fingerprint density at radius 3 is 2.00 bits per heavy atom. The summed E-state index contributed by atoms with van der Waals surface area (Å²) in [5.41, 5.74) is -1.32. The van der Waals surface area contributed by atoms with Gasteiger partial charge in [0, 0.05) is 12.8 Å². The molecular formula is C9H13F2NO. The van der Waals surface area contributed by atoms with E-state index in [0.717, 1.165) is 0 Å². The first kappa shape index (κ1) is 10.3. The molecule has 0 N–H and O–H groups in total. The van der Waals surface area contributed by atoms with Crippen LogP contribution in [0.15, 0.2) is 4.99 Å². The average Bonchev–Trinajstić information content (AvgIpc) is 1.80. The predicted molar refractivity (Wildman–Crippen MR) is 44.5 cm³/mol. The molecule has 1 aliphatic rings. The van der Waals surface area contributed by atoms with E-state index in [9.17, 15) is 13.6 Å². The molecule has 0 aromatic heterocycles. The van der Waals surface area contributed by atoms with Gasteiger partial charge in [-0.3, -0.25) is 0 Å². The summed E-state index contributed by atoms with van der Waals surface area (Å²) in [5.74, 6) is -2.66. The Labute approximate surface area is 76.0 Å². The van der Waals surface area contributed by atoms with Crippen LogP contribution in [-0.4, -0.2) is 17.5 Å². The van der Waals surface area contributed by atoms with Gasteiger partial charge in [0.2, 0.25) is 6.08 Å². The minimum Gasteiger partial charge on any atom is -0.211 e. The molecule has 4 heteroatoms. The van der Waals surface area contributed by atoms with Crippen molar-refractivity contribution < 1.29 is 13.6 Å². The van der Waals surface area contributed by atoms with Crippen LogP contribution < -0.4 is 0 Å². The Morgan fingerprint density at radius 2 is 1.77 bits per heavy atom. The summed E-state index contributed by atoms with van der Waals surface area (Å²) in [7, 11) is 0. The number of isocyanates is 1. The van der Waals surface area contributed by atoms with Crippen molar-refractivity contribution in [2.45, 2.75) is 45.1 Å². The van der Waals surface area contributed by atoms with Gasteiger partial charge in [-0.05, 0) is 5.41 Å². The van der Waals surface area contributed by atoms with E-state index in [1.54, 1.807) is 0 Å². The molecule has 1 rings (SSSR count). The third kappa shape index (κ3) is 1.63. The van der Waals surface area contributed by atoms with Gasteiger partial charge in [0.05, 0.1) is 5.54 Å². The van der Waals surface area contributed by atoms with E-state index in [0.29, 0.717) is 0 Å². The van der Waals surface area contributed by atoms with Gasteiger partial charge in [0.1, 0.15) is 0 Å². The molecule has 0 amide bonds. The number of halogens is 2. The van der Waals surface area contributed by atoms with E-state index in [2.05, 4.69) is 4.99 Å². The zero-order chi connectivity index (χ0) is 10.3. The number of alkyl halides is 2. The zero-order valence-electron chi connectivity index (χ0n) is 8.03. The lowest BCUT2D eigenvalue weighted by Crippen LogP contribution is -2.57. The van der Waals surface area contributed by atoms with Gasteiger partial charge in [-0.15, -0.1) is 0 Å². The van der Waals surface area contributed by atoms with Gasteiger partial charge in [-0.2, -0.15) is 4.99 Å². The number of rotatable bonds is 1. The molecule has 0 aliphatic heterocycles. The average molecular weight is 189 g/mol. The van der Waals surface area contributed by atoms with Crippen LogP contribution in [0.1, 0.15) is 33.6 Å². The van der Waals surface area contributed by atoms with Crippen molar-refractivity contribution >= 4 is 6.08 Å². The number of hydrogen-bond acceptors (Lipinski definition) is 2. The summed E-state index contributed by atoms with van der Waals surface area (Å²) in [6, 6.07) is 0. The van der Waals surface area contributed by atoms with Gasteiger partial charge < -0.3 is 0 Å². The SMILES string of the molecule is CC(C)(C)C1(N=C=O)CC(F)(F)C1. The smallest absolute Gasteiger partial charge is 0.211 e. The standard InChI is InChI=1S/C9H13F2NO/c1-7(2,3)8(12-6-13)4-9(10,11)5-8/h4-5H2,1-3H3. The van der Waals surface area contributed by atoms with Crippen LogP contribution in [-0.2, 0) is 4.79 Å². The molecule has 0 bridgehead atoms. The van der Waals surface area contributed by atoms with Crippen molar-refractivity contribution in [3.05, 3.63) is 0 Å². The van der Waals surface area contributed by atoms with E-state index >= 15 is 0 Å². The predicted octanol–water partition coefficient (Wildman–Crippen LogP) is 2.54. The molecule has 0 saturated heterocycles. The van der Waals surface area contributed by atoms with Crippen molar-refractivity contribution in [3.63, 3.8) is 0 Å². The lowest BCUT2D eigenvalue weighted by molar-refractivity contribution is -0.151. The summed E-state index contributed by atoms with van der Waals surface area (Å²) in [6.07, 6.45) is 0.727. The number of carbonyl (C=O) groups excluding carboxylic acids is 1. The molecule has 0 spiro atoms. The highest BCUT2D eigenvalue weighted by atomic mass is 19.3. The molecule has 1 fully saturated rings. The second kappa shape index (κ2) is 2.61. The number of nitrogens with zero attached hydrogens (tertiary/aromatic N) is 1. The molecule has 0 heterocycles. The maximum atomic E-state index is 12.7. The van der Waals surface area contributed by atoms with Crippen LogP contribution in [0, 0.1) is 5.41 Å². The van der Waals surface area contributed by atoms with Crippen LogP contribution in [0.3, 0.4) is 0 Å². The van der Waals surface area contributed by atoms with Gasteiger partial charge >= 0.3 is 0 Å². The largest absolute Gasteiger partial charge is 0.252 e. The van der Waals surface area contributed by atoms with Crippen LogP contribution in [0.4, 0.5) is 8.78 Å². The van der Waals surface area contributed by atoms with Crippen LogP contribution >= 0.6 is 0 Å². The van der Waals surface area contributed by atoms with E-state index in [-0.39, 0.29) is 12.8 Å². The van der Waals surface area contributed by atoms with Crippen molar-refractivity contribution in [1.82, 2.24) is 0 Å². The van der Waals surface area contributed by atoms with Crippen molar-refractivity contribution in [2.24, 2.45) is 10.4 Å². The van der Waals surface area contributed by atoms with E-state index in [1.807, 2.05) is 20.8 Å². The first-order chi connectivity index (χ1) is 5.72. The van der Waals surface area contributed by atoms with Gasteiger partial charge in [-0.1, -0.05) is 20.8 Å². The Hall–Kier alpha value is -0.760. The monoisotopic (exact) mass is 189 g/mol. The lowest BCUT2D eigenvalue weighted by atomic mass is 9.60. The number of hydrogen-bond donors (Lipinski definition) is 0. The summed E-state index contributed by atoms with van der Waals surface area (Å²) < 4.78 is 25.4. The van der Waals surface area contributed by atoms with Gasteiger partial charge in [0.15, 0.2) is 0 Å². The minimum atomic E-state index is -2.66. The molecule has 0 radical (unpaired) electrons. The van der Waals surface area contributed by atoms with E-state index in [1.165, 1.54) is 6.08 Å². The first-order valence-electron chi connectivity index (χ1n) is 4.19. The molecule has 0 unspecified atom stereocenters. The zero-order valence-corrected chi connectivity index (χ0v) is 8.03. The Morgan fingerprint density at radius 1 is 1.31 bits per heavy atom. The summed E-state index contributed by atoms with van der Waals surface area (Å²) in [5, 5.41) is 0. The third-order valence-electron chi connectivity index (χ3n) is 2.76.